The molecule has 0 amide bonds. The Morgan fingerprint density at radius 3 is 2.63 bits per heavy atom. The van der Waals surface area contributed by atoms with Crippen LogP contribution < -0.4 is 10.6 Å². The monoisotopic (exact) mass is 412 g/mol. The van der Waals surface area contributed by atoms with Gasteiger partial charge in [-0.3, -0.25) is 4.99 Å². The predicted molar refractivity (Wildman–Crippen MR) is 124 cm³/mol. The smallest absolute Gasteiger partial charge is 0.191 e. The van der Waals surface area contributed by atoms with E-state index in [0.717, 1.165) is 37.8 Å². The molecule has 0 aliphatic carbocycles. The Morgan fingerprint density at radius 2 is 1.93 bits per heavy atom. The highest BCUT2D eigenvalue weighted by Gasteiger charge is 2.41. The number of unbranched alkanes of at least 4 members (excludes halogenated alkanes) is 1. The molecule has 3 saturated heterocycles. The van der Waals surface area contributed by atoms with Gasteiger partial charge in [0.2, 0.25) is 0 Å². The van der Waals surface area contributed by atoms with E-state index in [1.165, 1.54) is 63.7 Å². The second-order valence-corrected chi connectivity index (χ2v) is 9.30. The van der Waals surface area contributed by atoms with E-state index in [1.807, 2.05) is 0 Å². The molecule has 3 atom stereocenters. The highest BCUT2D eigenvalue weighted by atomic mass is 16.5. The fraction of sp³-hybridized carbons (Fsp3) is 0.720. The lowest BCUT2D eigenvalue weighted by Gasteiger charge is -2.32. The van der Waals surface area contributed by atoms with Gasteiger partial charge in [-0.1, -0.05) is 30.3 Å². The van der Waals surface area contributed by atoms with Crippen molar-refractivity contribution in [2.45, 2.75) is 76.5 Å². The minimum Gasteiger partial charge on any atom is -0.373 e. The van der Waals surface area contributed by atoms with Crippen molar-refractivity contribution in [3.8, 4) is 0 Å². The van der Waals surface area contributed by atoms with Crippen LogP contribution in [0.25, 0.3) is 0 Å². The van der Waals surface area contributed by atoms with Gasteiger partial charge in [0.25, 0.3) is 0 Å². The lowest BCUT2D eigenvalue weighted by atomic mass is 9.90. The van der Waals surface area contributed by atoms with Gasteiger partial charge >= 0.3 is 0 Å². The summed E-state index contributed by atoms with van der Waals surface area (Å²) in [6, 6.07) is 11.4. The number of fused-ring (bicyclic) bond motifs is 2. The fourth-order valence-electron chi connectivity index (χ4n) is 5.29. The zero-order valence-electron chi connectivity index (χ0n) is 18.7. The maximum absolute atomic E-state index is 5.96. The van der Waals surface area contributed by atoms with Crippen LogP contribution in [0.15, 0.2) is 35.3 Å². The van der Waals surface area contributed by atoms with E-state index < -0.39 is 0 Å². The molecule has 3 unspecified atom stereocenters. The molecule has 3 aliphatic rings. The van der Waals surface area contributed by atoms with Crippen LogP contribution >= 0.6 is 0 Å². The zero-order valence-corrected chi connectivity index (χ0v) is 18.7. The first-order valence-electron chi connectivity index (χ1n) is 12.3. The Bertz CT molecular complexity index is 656. The molecule has 0 aromatic heterocycles. The molecule has 2 N–H and O–H groups in total. The largest absolute Gasteiger partial charge is 0.373 e. The summed E-state index contributed by atoms with van der Waals surface area (Å²) in [4.78, 5) is 7.48. The van der Waals surface area contributed by atoms with Gasteiger partial charge in [-0.2, -0.15) is 0 Å². The molecular weight excluding hydrogens is 372 g/mol. The van der Waals surface area contributed by atoms with E-state index in [0.29, 0.717) is 18.2 Å². The molecule has 2 bridgehead atoms. The minimum atomic E-state index is 0.392. The maximum Gasteiger partial charge on any atom is 0.191 e. The van der Waals surface area contributed by atoms with Crippen LogP contribution in [0.2, 0.25) is 0 Å². The zero-order chi connectivity index (χ0) is 20.6. The van der Waals surface area contributed by atoms with Gasteiger partial charge in [0.1, 0.15) is 0 Å². The molecule has 3 fully saturated rings. The number of ether oxygens (including phenoxy) is 1. The van der Waals surface area contributed by atoms with Gasteiger partial charge in [0, 0.05) is 13.1 Å². The van der Waals surface area contributed by atoms with E-state index in [2.05, 4.69) is 52.8 Å². The number of nitrogens with zero attached hydrogens (tertiary/aromatic N) is 2. The average molecular weight is 413 g/mol. The Labute approximate surface area is 182 Å². The minimum absolute atomic E-state index is 0.392. The highest BCUT2D eigenvalue weighted by molar-refractivity contribution is 5.80. The van der Waals surface area contributed by atoms with Crippen molar-refractivity contribution in [3.63, 3.8) is 0 Å². The summed E-state index contributed by atoms with van der Waals surface area (Å²) >= 11 is 0. The van der Waals surface area contributed by atoms with E-state index in [-0.39, 0.29) is 0 Å². The second-order valence-electron chi connectivity index (χ2n) is 9.30. The summed E-state index contributed by atoms with van der Waals surface area (Å²) in [6.45, 7) is 7.69. The topological polar surface area (TPSA) is 48.9 Å². The van der Waals surface area contributed by atoms with E-state index in [4.69, 9.17) is 9.73 Å². The summed E-state index contributed by atoms with van der Waals surface area (Å²) in [6.07, 6.45) is 10.8. The second kappa shape index (κ2) is 11.1. The molecule has 1 aromatic rings. The normalized spacial score (nSPS) is 27.5. The summed E-state index contributed by atoms with van der Waals surface area (Å²) in [5.41, 5.74) is 1.50. The molecular formula is C25H40N4O. The third-order valence-corrected chi connectivity index (χ3v) is 7.00. The number of rotatable bonds is 9. The van der Waals surface area contributed by atoms with Crippen molar-refractivity contribution >= 4 is 5.96 Å². The fourth-order valence-corrected chi connectivity index (χ4v) is 5.29. The van der Waals surface area contributed by atoms with E-state index >= 15 is 0 Å². The number of piperidine rings is 1. The Kier molecular flexibility index (Phi) is 8.04. The van der Waals surface area contributed by atoms with Crippen LogP contribution in [0, 0.1) is 5.92 Å². The molecule has 4 rings (SSSR count). The number of guanidine groups is 1. The lowest BCUT2D eigenvalue weighted by Crippen LogP contribution is -2.47. The van der Waals surface area contributed by atoms with Crippen molar-refractivity contribution in [3.05, 3.63) is 35.9 Å². The maximum atomic E-state index is 5.96. The van der Waals surface area contributed by atoms with Gasteiger partial charge < -0.3 is 20.3 Å². The summed E-state index contributed by atoms with van der Waals surface area (Å²) < 4.78 is 5.96. The number of likely N-dealkylation sites (tertiary alicyclic amines) is 1. The first-order valence-corrected chi connectivity index (χ1v) is 12.3. The molecule has 3 aliphatic heterocycles. The SMILES string of the molecule is CCNC(=NCCCCN1CCC(Cc2ccccc2)CC1)NC1CC2CCC1O2. The number of hydrogen-bond donors (Lipinski definition) is 2. The van der Waals surface area contributed by atoms with Gasteiger partial charge in [-0.05, 0) is 89.4 Å². The average Bonchev–Trinajstić information content (AvgIpc) is 3.39. The van der Waals surface area contributed by atoms with Gasteiger partial charge in [0.15, 0.2) is 5.96 Å². The standard InChI is InChI=1S/C25H40N4O/c1-2-26-25(28-23-19-22-10-11-24(23)30-22)27-14-6-7-15-29-16-12-21(13-17-29)18-20-8-4-3-5-9-20/h3-5,8-9,21-24H,2,6-7,10-19H2,1H3,(H2,26,27,28). The lowest BCUT2D eigenvalue weighted by molar-refractivity contribution is 0.0992. The van der Waals surface area contributed by atoms with Gasteiger partial charge in [0.05, 0.1) is 18.2 Å². The van der Waals surface area contributed by atoms with Crippen LogP contribution in [0.5, 0.6) is 0 Å². The van der Waals surface area contributed by atoms with Crippen LogP contribution in [-0.2, 0) is 11.2 Å². The summed E-state index contributed by atoms with van der Waals surface area (Å²) in [5.74, 6) is 1.83. The number of hydrogen-bond acceptors (Lipinski definition) is 3. The number of nitrogens with one attached hydrogen (secondary N) is 2. The van der Waals surface area contributed by atoms with Crippen molar-refractivity contribution in [2.24, 2.45) is 10.9 Å². The third-order valence-electron chi connectivity index (χ3n) is 7.00. The van der Waals surface area contributed by atoms with Crippen LogP contribution in [0.1, 0.15) is 57.4 Å². The quantitative estimate of drug-likeness (QED) is 0.370. The molecule has 0 radical (unpaired) electrons. The molecule has 0 spiro atoms. The Hall–Kier alpha value is -1.59. The van der Waals surface area contributed by atoms with Gasteiger partial charge in [-0.25, -0.2) is 0 Å². The molecule has 5 heteroatoms. The van der Waals surface area contributed by atoms with E-state index in [1.54, 1.807) is 0 Å². The summed E-state index contributed by atoms with van der Waals surface area (Å²) in [5, 5.41) is 7.02. The predicted octanol–water partition coefficient (Wildman–Crippen LogP) is 3.60. The van der Waals surface area contributed by atoms with Crippen LogP contribution in [-0.4, -0.2) is 61.8 Å². The van der Waals surface area contributed by atoms with Crippen molar-refractivity contribution < 1.29 is 4.74 Å². The molecule has 0 saturated carbocycles. The van der Waals surface area contributed by atoms with Crippen LogP contribution in [0.4, 0.5) is 0 Å². The number of benzene rings is 1. The first-order chi connectivity index (χ1) is 14.8. The highest BCUT2D eigenvalue weighted by Crippen LogP contribution is 2.34. The van der Waals surface area contributed by atoms with Crippen molar-refractivity contribution in [1.82, 2.24) is 15.5 Å². The molecule has 5 nitrogen and oxygen atoms in total. The first kappa shape index (κ1) is 21.6. The van der Waals surface area contributed by atoms with Gasteiger partial charge in [-0.15, -0.1) is 0 Å². The molecule has 166 valence electrons. The molecule has 1 aromatic carbocycles. The third kappa shape index (κ3) is 6.21. The van der Waals surface area contributed by atoms with Crippen molar-refractivity contribution in [2.75, 3.05) is 32.7 Å². The number of aliphatic imine (C=N–C) groups is 1. The Morgan fingerprint density at radius 1 is 1.10 bits per heavy atom. The molecule has 30 heavy (non-hydrogen) atoms. The van der Waals surface area contributed by atoms with Crippen molar-refractivity contribution in [1.29, 1.82) is 0 Å². The Balaban J connectivity index is 1.10. The van der Waals surface area contributed by atoms with Crippen LogP contribution in [0.3, 0.4) is 0 Å². The molecule has 3 heterocycles. The van der Waals surface area contributed by atoms with E-state index in [9.17, 15) is 0 Å². The summed E-state index contributed by atoms with van der Waals surface area (Å²) in [7, 11) is 0.